The Hall–Kier alpha value is -2.16. The molecular formula is C15H16F4N2O3. The van der Waals surface area contributed by atoms with Crippen molar-refractivity contribution in [2.75, 3.05) is 11.9 Å². The molecule has 0 atom stereocenters. The van der Waals surface area contributed by atoms with Crippen molar-refractivity contribution in [3.05, 3.63) is 29.6 Å². The Kier molecular flexibility index (Phi) is 5.12. The number of benzene rings is 1. The normalized spacial score (nSPS) is 16.7. The molecule has 132 valence electrons. The van der Waals surface area contributed by atoms with Crippen LogP contribution in [0.5, 0.6) is 0 Å². The molecule has 1 aliphatic carbocycles. The molecule has 0 heterocycles. The third kappa shape index (κ3) is 4.44. The molecule has 1 aliphatic rings. The van der Waals surface area contributed by atoms with E-state index in [-0.39, 0.29) is 6.54 Å². The van der Waals surface area contributed by atoms with Crippen molar-refractivity contribution in [2.45, 2.75) is 37.5 Å². The molecule has 2 rings (SSSR count). The number of anilines is 1. The van der Waals surface area contributed by atoms with Crippen LogP contribution in [-0.2, 0) is 15.8 Å². The van der Waals surface area contributed by atoms with Gasteiger partial charge >= 0.3 is 18.0 Å². The number of rotatable bonds is 3. The summed E-state index contributed by atoms with van der Waals surface area (Å²) in [5.41, 5.74) is -2.98. The smallest absolute Gasteiger partial charge is 0.388 e. The summed E-state index contributed by atoms with van der Waals surface area (Å²) in [6.07, 6.45) is -2.14. The first-order chi connectivity index (χ1) is 11.1. The Morgan fingerprint density at radius 3 is 2.38 bits per heavy atom. The highest BCUT2D eigenvalue weighted by Crippen LogP contribution is 2.32. The summed E-state index contributed by atoms with van der Waals surface area (Å²) >= 11 is 0. The Morgan fingerprint density at radius 2 is 1.79 bits per heavy atom. The molecule has 3 N–H and O–H groups in total. The first-order valence-electron chi connectivity index (χ1n) is 7.29. The van der Waals surface area contributed by atoms with Crippen LogP contribution in [0.1, 0.15) is 31.2 Å². The average Bonchev–Trinajstić information content (AvgIpc) is 2.93. The summed E-state index contributed by atoms with van der Waals surface area (Å²) in [7, 11) is 0. The van der Waals surface area contributed by atoms with Crippen LogP contribution in [0.15, 0.2) is 18.2 Å². The molecule has 0 aliphatic heterocycles. The molecule has 24 heavy (non-hydrogen) atoms. The predicted octanol–water partition coefficient (Wildman–Crippen LogP) is 2.20. The van der Waals surface area contributed by atoms with Crippen molar-refractivity contribution in [3.8, 4) is 0 Å². The minimum Gasteiger partial charge on any atom is -0.388 e. The van der Waals surface area contributed by atoms with Gasteiger partial charge in [-0.2, -0.15) is 13.2 Å². The standard InChI is InChI=1S/C15H16F4N2O3/c16-10-4-3-9(15(17,18)19)7-11(10)21-13(23)12(22)20-8-14(24)5-1-2-6-14/h3-4,7,24H,1-2,5-6,8H2,(H,20,22)(H,21,23). The van der Waals surface area contributed by atoms with Crippen molar-refractivity contribution in [3.63, 3.8) is 0 Å². The lowest BCUT2D eigenvalue weighted by Gasteiger charge is -2.22. The second-order valence-corrected chi connectivity index (χ2v) is 5.76. The molecule has 5 nitrogen and oxygen atoms in total. The zero-order chi connectivity index (χ0) is 18.0. The fourth-order valence-electron chi connectivity index (χ4n) is 2.51. The van der Waals surface area contributed by atoms with Gasteiger partial charge in [-0.3, -0.25) is 9.59 Å². The number of nitrogens with one attached hydrogen (secondary N) is 2. The zero-order valence-electron chi connectivity index (χ0n) is 12.5. The van der Waals surface area contributed by atoms with Gasteiger partial charge in [0.1, 0.15) is 5.82 Å². The third-order valence-corrected chi connectivity index (χ3v) is 3.86. The minimum absolute atomic E-state index is 0.148. The fraction of sp³-hybridized carbons (Fsp3) is 0.467. The Labute approximate surface area is 135 Å². The molecule has 0 saturated heterocycles. The monoisotopic (exact) mass is 348 g/mol. The van der Waals surface area contributed by atoms with Gasteiger partial charge in [-0.1, -0.05) is 12.8 Å². The predicted molar refractivity (Wildman–Crippen MR) is 76.5 cm³/mol. The van der Waals surface area contributed by atoms with Crippen LogP contribution in [-0.4, -0.2) is 29.1 Å². The summed E-state index contributed by atoms with van der Waals surface area (Å²) in [5.74, 6) is -3.57. The number of hydrogen-bond donors (Lipinski definition) is 3. The highest BCUT2D eigenvalue weighted by Gasteiger charge is 2.33. The van der Waals surface area contributed by atoms with E-state index in [0.717, 1.165) is 12.8 Å². The first kappa shape index (κ1) is 18.2. The summed E-state index contributed by atoms with van der Waals surface area (Å²) in [4.78, 5) is 23.3. The van der Waals surface area contributed by atoms with Crippen LogP contribution in [0.2, 0.25) is 0 Å². The van der Waals surface area contributed by atoms with E-state index < -0.39 is 40.7 Å². The second kappa shape index (κ2) is 6.76. The molecule has 0 bridgehead atoms. The van der Waals surface area contributed by atoms with E-state index >= 15 is 0 Å². The van der Waals surface area contributed by atoms with Crippen molar-refractivity contribution in [1.82, 2.24) is 5.32 Å². The van der Waals surface area contributed by atoms with Crippen molar-refractivity contribution < 1.29 is 32.3 Å². The first-order valence-corrected chi connectivity index (χ1v) is 7.29. The zero-order valence-corrected chi connectivity index (χ0v) is 12.5. The Balaban J connectivity index is 1.99. The number of alkyl halides is 3. The van der Waals surface area contributed by atoms with Gasteiger partial charge in [0.25, 0.3) is 0 Å². The lowest BCUT2D eigenvalue weighted by Crippen LogP contribution is -2.44. The maximum absolute atomic E-state index is 13.5. The van der Waals surface area contributed by atoms with Crippen LogP contribution in [0.25, 0.3) is 0 Å². The third-order valence-electron chi connectivity index (χ3n) is 3.86. The highest BCUT2D eigenvalue weighted by molar-refractivity contribution is 6.39. The number of amides is 2. The van der Waals surface area contributed by atoms with E-state index in [0.29, 0.717) is 31.0 Å². The molecule has 1 aromatic carbocycles. The summed E-state index contributed by atoms with van der Waals surface area (Å²) in [6.45, 7) is -0.148. The maximum Gasteiger partial charge on any atom is 0.416 e. The van der Waals surface area contributed by atoms with Gasteiger partial charge in [0.15, 0.2) is 0 Å². The van der Waals surface area contributed by atoms with Crippen LogP contribution in [0.4, 0.5) is 23.2 Å². The Bertz CT molecular complexity index is 640. The molecule has 0 radical (unpaired) electrons. The summed E-state index contributed by atoms with van der Waals surface area (Å²) < 4.78 is 51.3. The van der Waals surface area contributed by atoms with Crippen molar-refractivity contribution in [1.29, 1.82) is 0 Å². The van der Waals surface area contributed by atoms with Gasteiger partial charge in [0.2, 0.25) is 0 Å². The molecule has 1 aromatic rings. The number of hydrogen-bond acceptors (Lipinski definition) is 3. The lowest BCUT2D eigenvalue weighted by atomic mass is 10.0. The lowest BCUT2D eigenvalue weighted by molar-refractivity contribution is -0.137. The van der Waals surface area contributed by atoms with Crippen molar-refractivity contribution >= 4 is 17.5 Å². The summed E-state index contributed by atoms with van der Waals surface area (Å²) in [5, 5.41) is 14.1. The topological polar surface area (TPSA) is 78.4 Å². The van der Waals surface area contributed by atoms with Gasteiger partial charge in [-0.25, -0.2) is 4.39 Å². The van der Waals surface area contributed by atoms with E-state index in [4.69, 9.17) is 0 Å². The van der Waals surface area contributed by atoms with E-state index in [2.05, 4.69) is 5.32 Å². The molecule has 1 fully saturated rings. The van der Waals surface area contributed by atoms with Crippen LogP contribution in [0.3, 0.4) is 0 Å². The van der Waals surface area contributed by atoms with Gasteiger partial charge in [-0.05, 0) is 31.0 Å². The minimum atomic E-state index is -4.71. The van der Waals surface area contributed by atoms with Gasteiger partial charge in [0, 0.05) is 6.54 Å². The second-order valence-electron chi connectivity index (χ2n) is 5.76. The molecule has 2 amide bonds. The number of aliphatic hydroxyl groups is 1. The number of carbonyl (C=O) groups excluding carboxylic acids is 2. The molecule has 0 spiro atoms. The molecule has 9 heteroatoms. The number of carbonyl (C=O) groups is 2. The van der Waals surface area contributed by atoms with Crippen LogP contribution < -0.4 is 10.6 Å². The van der Waals surface area contributed by atoms with E-state index in [9.17, 15) is 32.3 Å². The molecular weight excluding hydrogens is 332 g/mol. The SMILES string of the molecule is O=C(NCC1(O)CCCC1)C(=O)Nc1cc(C(F)(F)F)ccc1F. The number of halogens is 4. The van der Waals surface area contributed by atoms with Crippen LogP contribution in [0, 0.1) is 5.82 Å². The molecule has 0 unspecified atom stereocenters. The van der Waals surface area contributed by atoms with Gasteiger partial charge < -0.3 is 15.7 Å². The molecule has 1 saturated carbocycles. The van der Waals surface area contributed by atoms with Crippen molar-refractivity contribution in [2.24, 2.45) is 0 Å². The highest BCUT2D eigenvalue weighted by atomic mass is 19.4. The van der Waals surface area contributed by atoms with E-state index in [1.54, 1.807) is 5.32 Å². The van der Waals surface area contributed by atoms with E-state index in [1.807, 2.05) is 0 Å². The largest absolute Gasteiger partial charge is 0.416 e. The molecule has 0 aromatic heterocycles. The van der Waals surface area contributed by atoms with Crippen LogP contribution >= 0.6 is 0 Å². The quantitative estimate of drug-likeness (QED) is 0.579. The maximum atomic E-state index is 13.5. The Morgan fingerprint density at radius 1 is 1.17 bits per heavy atom. The van der Waals surface area contributed by atoms with Gasteiger partial charge in [0.05, 0.1) is 16.9 Å². The van der Waals surface area contributed by atoms with Gasteiger partial charge in [-0.15, -0.1) is 0 Å². The van der Waals surface area contributed by atoms with E-state index in [1.165, 1.54) is 0 Å². The summed E-state index contributed by atoms with van der Waals surface area (Å²) in [6, 6.07) is 1.49. The fourth-order valence-corrected chi connectivity index (χ4v) is 2.51. The average molecular weight is 348 g/mol.